The maximum Gasteiger partial charge on any atom is 0.0407 e. The molecule has 1 atom stereocenters. The highest BCUT2D eigenvalue weighted by molar-refractivity contribution is 6.30. The van der Waals surface area contributed by atoms with E-state index in [1.54, 1.807) is 0 Å². The van der Waals surface area contributed by atoms with Crippen molar-refractivity contribution in [2.45, 2.75) is 25.3 Å². The van der Waals surface area contributed by atoms with E-state index in [4.69, 9.17) is 11.6 Å². The molecule has 0 saturated carbocycles. The zero-order valence-corrected chi connectivity index (χ0v) is 10.5. The minimum Gasteiger partial charge on any atom is -0.383 e. The fourth-order valence-electron chi connectivity index (χ4n) is 2.21. The van der Waals surface area contributed by atoms with Crippen LogP contribution < -0.4 is 5.32 Å². The predicted octanol–water partition coefficient (Wildman–Crippen LogP) is 3.24. The van der Waals surface area contributed by atoms with Crippen molar-refractivity contribution in [3.8, 4) is 0 Å². The average Bonchev–Trinajstić information content (AvgIpc) is 2.30. The topological polar surface area (TPSA) is 15.3 Å². The summed E-state index contributed by atoms with van der Waals surface area (Å²) in [5.74, 6) is 0. The van der Waals surface area contributed by atoms with Crippen LogP contribution >= 0.6 is 11.6 Å². The van der Waals surface area contributed by atoms with Crippen LogP contribution in [0.4, 0.5) is 5.69 Å². The van der Waals surface area contributed by atoms with E-state index in [1.807, 2.05) is 24.3 Å². The summed E-state index contributed by atoms with van der Waals surface area (Å²) in [6.45, 7) is 2.26. The van der Waals surface area contributed by atoms with Crippen molar-refractivity contribution in [2.75, 3.05) is 25.5 Å². The molecule has 1 saturated heterocycles. The number of nitrogens with one attached hydrogen (secondary N) is 1. The molecule has 1 fully saturated rings. The smallest absolute Gasteiger partial charge is 0.0407 e. The number of nitrogens with zero attached hydrogens (tertiary/aromatic N) is 1. The number of hydrogen-bond acceptors (Lipinski definition) is 2. The van der Waals surface area contributed by atoms with Gasteiger partial charge >= 0.3 is 0 Å². The molecule has 2 nitrogen and oxygen atoms in total. The molecule has 0 spiro atoms. The van der Waals surface area contributed by atoms with E-state index >= 15 is 0 Å². The molecule has 1 heterocycles. The summed E-state index contributed by atoms with van der Waals surface area (Å²) in [6.07, 6.45) is 4.00. The number of halogens is 1. The molecule has 1 aliphatic rings. The SMILES string of the molecule is CN1CCCCC1CNc1ccc(Cl)cc1. The summed E-state index contributed by atoms with van der Waals surface area (Å²) in [5, 5.41) is 4.26. The van der Waals surface area contributed by atoms with Gasteiger partial charge in [0.2, 0.25) is 0 Å². The lowest BCUT2D eigenvalue weighted by atomic mass is 10.0. The zero-order valence-electron chi connectivity index (χ0n) is 9.75. The molecule has 1 aliphatic heterocycles. The summed E-state index contributed by atoms with van der Waals surface area (Å²) >= 11 is 5.85. The molecule has 0 aliphatic carbocycles. The second-order valence-electron chi connectivity index (χ2n) is 4.52. The van der Waals surface area contributed by atoms with E-state index in [9.17, 15) is 0 Å². The third-order valence-corrected chi connectivity index (χ3v) is 3.56. The lowest BCUT2D eigenvalue weighted by Crippen LogP contribution is -2.40. The summed E-state index contributed by atoms with van der Waals surface area (Å²) < 4.78 is 0. The first-order chi connectivity index (χ1) is 7.75. The predicted molar refractivity (Wildman–Crippen MR) is 70.2 cm³/mol. The van der Waals surface area contributed by atoms with Gasteiger partial charge in [0.1, 0.15) is 0 Å². The van der Waals surface area contributed by atoms with E-state index in [0.717, 1.165) is 17.3 Å². The number of benzene rings is 1. The second kappa shape index (κ2) is 5.55. The Morgan fingerprint density at radius 1 is 1.31 bits per heavy atom. The van der Waals surface area contributed by atoms with Gasteiger partial charge in [-0.05, 0) is 50.7 Å². The van der Waals surface area contributed by atoms with Crippen LogP contribution in [0.1, 0.15) is 19.3 Å². The first kappa shape index (κ1) is 11.7. The van der Waals surface area contributed by atoms with Crippen LogP contribution in [0.2, 0.25) is 5.02 Å². The fourth-order valence-corrected chi connectivity index (χ4v) is 2.33. The van der Waals surface area contributed by atoms with Gasteiger partial charge in [0.25, 0.3) is 0 Å². The molecule has 0 radical (unpaired) electrons. The van der Waals surface area contributed by atoms with E-state index in [2.05, 4.69) is 17.3 Å². The second-order valence-corrected chi connectivity index (χ2v) is 4.95. The number of likely N-dealkylation sites (tertiary alicyclic amines) is 1. The molecular formula is C13H19ClN2. The van der Waals surface area contributed by atoms with E-state index in [0.29, 0.717) is 6.04 Å². The highest BCUT2D eigenvalue weighted by Crippen LogP contribution is 2.17. The average molecular weight is 239 g/mol. The Kier molecular flexibility index (Phi) is 4.08. The summed E-state index contributed by atoms with van der Waals surface area (Å²) in [5.41, 5.74) is 1.16. The number of likely N-dealkylation sites (N-methyl/N-ethyl adjacent to an activating group) is 1. The Balaban J connectivity index is 1.84. The van der Waals surface area contributed by atoms with Crippen molar-refractivity contribution in [3.63, 3.8) is 0 Å². The first-order valence-electron chi connectivity index (χ1n) is 5.95. The molecule has 1 N–H and O–H groups in total. The van der Waals surface area contributed by atoms with Crippen LogP contribution in [0, 0.1) is 0 Å². The van der Waals surface area contributed by atoms with Gasteiger partial charge in [-0.15, -0.1) is 0 Å². The summed E-state index contributed by atoms with van der Waals surface area (Å²) in [7, 11) is 2.22. The lowest BCUT2D eigenvalue weighted by Gasteiger charge is -2.32. The van der Waals surface area contributed by atoms with Gasteiger partial charge in [0.15, 0.2) is 0 Å². The van der Waals surface area contributed by atoms with Crippen molar-refractivity contribution < 1.29 is 0 Å². The quantitative estimate of drug-likeness (QED) is 0.870. The zero-order chi connectivity index (χ0) is 11.4. The number of hydrogen-bond donors (Lipinski definition) is 1. The van der Waals surface area contributed by atoms with E-state index < -0.39 is 0 Å². The van der Waals surface area contributed by atoms with Gasteiger partial charge in [-0.1, -0.05) is 18.0 Å². The first-order valence-corrected chi connectivity index (χ1v) is 6.33. The molecule has 1 aromatic rings. The highest BCUT2D eigenvalue weighted by Gasteiger charge is 2.17. The Bertz CT molecular complexity index is 323. The summed E-state index contributed by atoms with van der Waals surface area (Å²) in [4.78, 5) is 2.45. The monoisotopic (exact) mass is 238 g/mol. The molecule has 3 heteroatoms. The largest absolute Gasteiger partial charge is 0.383 e. The van der Waals surface area contributed by atoms with Gasteiger partial charge in [0.05, 0.1) is 0 Å². The molecule has 16 heavy (non-hydrogen) atoms. The molecular weight excluding hydrogens is 220 g/mol. The molecule has 2 rings (SSSR count). The summed E-state index contributed by atoms with van der Waals surface area (Å²) in [6, 6.07) is 8.59. The van der Waals surface area contributed by atoms with Crippen molar-refractivity contribution in [2.24, 2.45) is 0 Å². The van der Waals surface area contributed by atoms with Gasteiger partial charge in [-0.25, -0.2) is 0 Å². The third-order valence-electron chi connectivity index (χ3n) is 3.31. The van der Waals surface area contributed by atoms with E-state index in [-0.39, 0.29) is 0 Å². The number of piperidine rings is 1. The Labute approximate surface area is 103 Å². The Hall–Kier alpha value is -0.730. The van der Waals surface area contributed by atoms with Gasteiger partial charge in [0, 0.05) is 23.3 Å². The third kappa shape index (κ3) is 3.13. The highest BCUT2D eigenvalue weighted by atomic mass is 35.5. The number of anilines is 1. The van der Waals surface area contributed by atoms with Crippen molar-refractivity contribution in [1.82, 2.24) is 4.90 Å². The molecule has 1 unspecified atom stereocenters. The standard InChI is InChI=1S/C13H19ClN2/c1-16-9-3-2-4-13(16)10-15-12-7-5-11(14)6-8-12/h5-8,13,15H,2-4,9-10H2,1H3. The van der Waals surface area contributed by atoms with Crippen molar-refractivity contribution >= 4 is 17.3 Å². The van der Waals surface area contributed by atoms with Gasteiger partial charge in [-0.3, -0.25) is 0 Å². The molecule has 0 aromatic heterocycles. The fraction of sp³-hybridized carbons (Fsp3) is 0.538. The van der Waals surface area contributed by atoms with Crippen molar-refractivity contribution in [3.05, 3.63) is 29.3 Å². The van der Waals surface area contributed by atoms with Crippen LogP contribution in [-0.2, 0) is 0 Å². The molecule has 0 bridgehead atoms. The van der Waals surface area contributed by atoms with Crippen molar-refractivity contribution in [1.29, 1.82) is 0 Å². The minimum absolute atomic E-state index is 0.671. The molecule has 0 amide bonds. The van der Waals surface area contributed by atoms with Crippen LogP contribution in [0.5, 0.6) is 0 Å². The minimum atomic E-state index is 0.671. The van der Waals surface area contributed by atoms with Crippen LogP contribution in [-0.4, -0.2) is 31.1 Å². The molecule has 1 aromatic carbocycles. The lowest BCUT2D eigenvalue weighted by molar-refractivity contribution is 0.194. The van der Waals surface area contributed by atoms with E-state index in [1.165, 1.54) is 25.8 Å². The Morgan fingerprint density at radius 3 is 2.75 bits per heavy atom. The normalized spacial score (nSPS) is 22.0. The van der Waals surface area contributed by atoms with Crippen LogP contribution in [0.3, 0.4) is 0 Å². The molecule has 88 valence electrons. The maximum absolute atomic E-state index is 5.85. The van der Waals surface area contributed by atoms with Crippen LogP contribution in [0.25, 0.3) is 0 Å². The van der Waals surface area contributed by atoms with Crippen LogP contribution in [0.15, 0.2) is 24.3 Å². The Morgan fingerprint density at radius 2 is 2.06 bits per heavy atom. The van der Waals surface area contributed by atoms with Gasteiger partial charge < -0.3 is 10.2 Å². The maximum atomic E-state index is 5.85. The van der Waals surface area contributed by atoms with Gasteiger partial charge in [-0.2, -0.15) is 0 Å². The number of rotatable bonds is 3.